The molecule has 101 valence electrons. The summed E-state index contributed by atoms with van der Waals surface area (Å²) in [5.74, 6) is 1.21. The largest absolute Gasteiger partial charge is 0.383 e. The molecule has 2 N–H and O–H groups in total. The summed E-state index contributed by atoms with van der Waals surface area (Å²) in [5, 5.41) is 9.99. The maximum absolute atomic E-state index is 9.34. The molecule has 0 saturated heterocycles. The zero-order chi connectivity index (χ0) is 14.8. The Morgan fingerprint density at radius 2 is 1.76 bits per heavy atom. The van der Waals surface area contributed by atoms with E-state index in [1.54, 1.807) is 12.1 Å². The summed E-state index contributed by atoms with van der Waals surface area (Å²) in [6.07, 6.45) is 7.79. The molecule has 1 fully saturated rings. The minimum atomic E-state index is 0.237. The van der Waals surface area contributed by atoms with Crippen molar-refractivity contribution in [3.63, 3.8) is 0 Å². The average Bonchev–Trinajstić information content (AvgIpc) is 3.01. The van der Waals surface area contributed by atoms with Gasteiger partial charge < -0.3 is 5.73 Å². The van der Waals surface area contributed by atoms with Crippen LogP contribution in [-0.4, -0.2) is 4.98 Å². The van der Waals surface area contributed by atoms with Gasteiger partial charge in [0.05, 0.1) is 5.69 Å². The number of benzene rings is 1. The number of halogens is 1. The lowest BCUT2D eigenvalue weighted by Crippen LogP contribution is -2.05. The molecule has 0 atom stereocenters. The van der Waals surface area contributed by atoms with Crippen LogP contribution >= 0.6 is 11.6 Å². The molecule has 3 nitrogen and oxygen atoms in total. The Morgan fingerprint density at radius 3 is 2.38 bits per heavy atom. The van der Waals surface area contributed by atoms with Crippen LogP contribution in [0.5, 0.6) is 0 Å². The summed E-state index contributed by atoms with van der Waals surface area (Å²) in [6, 6.07) is 11.3. The van der Waals surface area contributed by atoms with Crippen LogP contribution in [0.25, 0.3) is 11.1 Å². The van der Waals surface area contributed by atoms with Gasteiger partial charge in [-0.25, -0.2) is 4.98 Å². The van der Waals surface area contributed by atoms with E-state index in [1.165, 1.54) is 0 Å². The number of aromatic nitrogens is 1. The average molecular weight is 293 g/mol. The number of nitrogen functional groups attached to an aromatic ring is 1. The van der Waals surface area contributed by atoms with Gasteiger partial charge in [-0.1, -0.05) is 23.7 Å². The Hall–Kier alpha value is -2.05. The molecule has 1 aromatic heterocycles. The van der Waals surface area contributed by atoms with Crippen LogP contribution in [0.4, 0.5) is 5.82 Å². The van der Waals surface area contributed by atoms with E-state index < -0.39 is 0 Å². The molecule has 1 aromatic carbocycles. The maximum Gasteiger partial charge on any atom is 0.142 e. The summed E-state index contributed by atoms with van der Waals surface area (Å²) in [6.45, 7) is 0. The van der Waals surface area contributed by atoms with Crippen molar-refractivity contribution in [1.29, 1.82) is 5.26 Å². The predicted molar refractivity (Wildman–Crippen MR) is 83.4 cm³/mol. The first-order chi connectivity index (χ1) is 10.2. The Morgan fingerprint density at radius 1 is 1.10 bits per heavy atom. The van der Waals surface area contributed by atoms with Gasteiger partial charge in [-0.2, -0.15) is 5.26 Å². The van der Waals surface area contributed by atoms with E-state index in [2.05, 4.69) is 11.1 Å². The molecule has 5 radical (unpaired) electrons. The molecular weight excluding hydrogens is 282 g/mol. The smallest absolute Gasteiger partial charge is 0.142 e. The van der Waals surface area contributed by atoms with E-state index in [0.29, 0.717) is 10.6 Å². The summed E-state index contributed by atoms with van der Waals surface area (Å²) in [4.78, 5) is 4.32. The predicted octanol–water partition coefficient (Wildman–Crippen LogP) is 3.61. The van der Waals surface area contributed by atoms with Crippen molar-refractivity contribution in [3.05, 3.63) is 78.2 Å². The molecule has 0 aliphatic heterocycles. The van der Waals surface area contributed by atoms with Crippen molar-refractivity contribution in [2.45, 2.75) is 0 Å². The van der Waals surface area contributed by atoms with Crippen molar-refractivity contribution < 1.29 is 0 Å². The normalized spacial score (nSPS) is 15.0. The number of hydrogen-bond acceptors (Lipinski definition) is 3. The maximum atomic E-state index is 9.34. The number of nitriles is 1. The zero-order valence-electron chi connectivity index (χ0n) is 11.0. The van der Waals surface area contributed by atoms with Gasteiger partial charge in [0.25, 0.3) is 0 Å². The summed E-state index contributed by atoms with van der Waals surface area (Å²) < 4.78 is 0. The first-order valence-electron chi connectivity index (χ1n) is 6.37. The van der Waals surface area contributed by atoms with E-state index in [-0.39, 0.29) is 5.82 Å². The highest BCUT2D eigenvalue weighted by atomic mass is 35.5. The Kier molecular flexibility index (Phi) is 3.81. The topological polar surface area (TPSA) is 62.7 Å². The molecule has 2 aromatic rings. The monoisotopic (exact) mass is 292 g/mol. The highest BCUT2D eigenvalue weighted by Gasteiger charge is 2.23. The first-order valence-corrected chi connectivity index (χ1v) is 6.75. The second kappa shape index (κ2) is 5.75. The minimum absolute atomic E-state index is 0.237. The van der Waals surface area contributed by atoms with Crippen molar-refractivity contribution in [1.82, 2.24) is 4.98 Å². The molecule has 1 heterocycles. The highest BCUT2D eigenvalue weighted by Crippen LogP contribution is 2.34. The van der Waals surface area contributed by atoms with Crippen LogP contribution in [0.1, 0.15) is 11.3 Å². The molecule has 0 spiro atoms. The molecule has 1 aliphatic carbocycles. The van der Waals surface area contributed by atoms with Crippen molar-refractivity contribution in [2.75, 3.05) is 5.73 Å². The number of pyridine rings is 1. The van der Waals surface area contributed by atoms with Gasteiger partial charge in [-0.3, -0.25) is 0 Å². The third-order valence-corrected chi connectivity index (χ3v) is 3.52. The van der Waals surface area contributed by atoms with E-state index in [1.807, 2.05) is 43.9 Å². The van der Waals surface area contributed by atoms with Crippen molar-refractivity contribution in [3.8, 4) is 17.2 Å². The molecule has 1 saturated carbocycles. The molecule has 3 rings (SSSR count). The van der Waals surface area contributed by atoms with Crippen molar-refractivity contribution in [2.24, 2.45) is 0 Å². The third kappa shape index (κ3) is 2.72. The van der Waals surface area contributed by atoms with Gasteiger partial charge in [0, 0.05) is 16.5 Å². The SMILES string of the molecule is N#Cc1c(-c2ccc(Cl)cc2)cc([C]2[CH][CH][CH][CH]2)nc1N. The molecule has 1 aliphatic rings. The molecular formula is C17H11ClN3. The van der Waals surface area contributed by atoms with E-state index in [9.17, 15) is 5.26 Å². The molecule has 0 unspecified atom stereocenters. The van der Waals surface area contributed by atoms with E-state index in [0.717, 1.165) is 22.7 Å². The number of nitrogens with zero attached hydrogens (tertiary/aromatic N) is 2. The standard InChI is InChI=1S/C17H11ClN3/c18-13-7-5-11(6-8-13)14-9-16(12-3-1-2-4-12)21-17(20)15(14)10-19/h1-9H,(H2,20,21). The van der Waals surface area contributed by atoms with Crippen LogP contribution in [0, 0.1) is 42.9 Å². The number of nitrogens with two attached hydrogens (primary N) is 1. The number of anilines is 1. The molecule has 4 heteroatoms. The van der Waals surface area contributed by atoms with Gasteiger partial charge in [-0.05, 0) is 49.4 Å². The fourth-order valence-corrected chi connectivity index (χ4v) is 2.36. The lowest BCUT2D eigenvalue weighted by Gasteiger charge is -2.13. The molecule has 21 heavy (non-hydrogen) atoms. The van der Waals surface area contributed by atoms with Gasteiger partial charge >= 0.3 is 0 Å². The van der Waals surface area contributed by atoms with Crippen LogP contribution < -0.4 is 5.73 Å². The Labute approximate surface area is 129 Å². The van der Waals surface area contributed by atoms with Crippen LogP contribution in [0.2, 0.25) is 5.02 Å². The Balaban J connectivity index is 2.12. The van der Waals surface area contributed by atoms with Gasteiger partial charge in [0.1, 0.15) is 17.5 Å². The van der Waals surface area contributed by atoms with Gasteiger partial charge in [0.2, 0.25) is 0 Å². The number of rotatable bonds is 2. The van der Waals surface area contributed by atoms with Crippen LogP contribution in [0.3, 0.4) is 0 Å². The third-order valence-electron chi connectivity index (χ3n) is 3.27. The lowest BCUT2D eigenvalue weighted by molar-refractivity contribution is 1.14. The fraction of sp³-hybridized carbons (Fsp3) is 0. The molecule has 0 bridgehead atoms. The minimum Gasteiger partial charge on any atom is -0.383 e. The highest BCUT2D eigenvalue weighted by molar-refractivity contribution is 6.30. The van der Waals surface area contributed by atoms with E-state index >= 15 is 0 Å². The summed E-state index contributed by atoms with van der Waals surface area (Å²) in [7, 11) is 0. The lowest BCUT2D eigenvalue weighted by atomic mass is 9.95. The quantitative estimate of drug-likeness (QED) is 0.919. The fourth-order valence-electron chi connectivity index (χ4n) is 2.23. The second-order valence-electron chi connectivity index (χ2n) is 4.61. The van der Waals surface area contributed by atoms with E-state index in [4.69, 9.17) is 17.3 Å². The van der Waals surface area contributed by atoms with Gasteiger partial charge in [0.15, 0.2) is 0 Å². The zero-order valence-corrected chi connectivity index (χ0v) is 11.8. The Bertz CT molecular complexity index is 695. The van der Waals surface area contributed by atoms with Crippen LogP contribution in [0.15, 0.2) is 30.3 Å². The van der Waals surface area contributed by atoms with Crippen molar-refractivity contribution >= 4 is 17.4 Å². The summed E-state index contributed by atoms with van der Waals surface area (Å²) in [5.41, 5.74) is 8.73. The van der Waals surface area contributed by atoms with Gasteiger partial charge in [-0.15, -0.1) is 0 Å². The molecule has 0 amide bonds. The summed E-state index contributed by atoms with van der Waals surface area (Å²) >= 11 is 5.91. The number of hydrogen-bond donors (Lipinski definition) is 1. The van der Waals surface area contributed by atoms with Crippen LogP contribution in [-0.2, 0) is 0 Å². The first kappa shape index (κ1) is 13.9. The second-order valence-corrected chi connectivity index (χ2v) is 5.04.